The van der Waals surface area contributed by atoms with Crippen LogP contribution in [-0.4, -0.2) is 29.0 Å². The van der Waals surface area contributed by atoms with Gasteiger partial charge in [-0.15, -0.1) is 0 Å². The van der Waals surface area contributed by atoms with E-state index in [-0.39, 0.29) is 5.91 Å². The van der Waals surface area contributed by atoms with Gasteiger partial charge in [-0.3, -0.25) is 4.79 Å². The van der Waals surface area contributed by atoms with Crippen molar-refractivity contribution in [2.24, 2.45) is 0 Å². The van der Waals surface area contributed by atoms with Crippen LogP contribution in [0.15, 0.2) is 60.7 Å². The third-order valence-electron chi connectivity index (χ3n) is 4.66. The summed E-state index contributed by atoms with van der Waals surface area (Å²) in [6.07, 6.45) is 3.16. The fraction of sp³-hybridized carbons (Fsp3) is 0.208. The lowest BCUT2D eigenvalue weighted by Gasteiger charge is -2.20. The summed E-state index contributed by atoms with van der Waals surface area (Å²) in [5, 5.41) is 6.75. The van der Waals surface area contributed by atoms with Crippen LogP contribution in [0.25, 0.3) is 6.08 Å². The zero-order valence-electron chi connectivity index (χ0n) is 17.9. The standard InChI is InChI=1S/C24H26ClN5O/c1-4-30(5-2)23-16-22(26-17(3)27-23)28-19-11-13-20(14-12-19)29-24(31)15-10-18-8-6-7-9-21(18)25/h6-16H,4-5H2,1-3H3,(H,29,31)(H,26,27,28)/b15-10+. The van der Waals surface area contributed by atoms with Crippen LogP contribution in [-0.2, 0) is 4.79 Å². The van der Waals surface area contributed by atoms with Crippen LogP contribution < -0.4 is 15.5 Å². The predicted octanol–water partition coefficient (Wildman–Crippen LogP) is 5.68. The van der Waals surface area contributed by atoms with Gasteiger partial charge in [0.2, 0.25) is 5.91 Å². The maximum absolute atomic E-state index is 12.2. The highest BCUT2D eigenvalue weighted by Crippen LogP contribution is 2.21. The first-order valence-electron chi connectivity index (χ1n) is 10.2. The molecule has 6 nitrogen and oxygen atoms in total. The molecule has 2 N–H and O–H groups in total. The molecule has 0 saturated carbocycles. The SMILES string of the molecule is CCN(CC)c1cc(Nc2ccc(NC(=O)/C=C/c3ccccc3Cl)cc2)nc(C)n1. The predicted molar refractivity (Wildman–Crippen MR) is 129 cm³/mol. The lowest BCUT2D eigenvalue weighted by Crippen LogP contribution is -2.23. The Morgan fingerprint density at radius 2 is 1.71 bits per heavy atom. The van der Waals surface area contributed by atoms with E-state index in [9.17, 15) is 4.79 Å². The van der Waals surface area contributed by atoms with Crippen molar-refractivity contribution >= 4 is 46.6 Å². The molecule has 7 heteroatoms. The summed E-state index contributed by atoms with van der Waals surface area (Å²) in [4.78, 5) is 23.4. The molecule has 3 rings (SSSR count). The Bertz CT molecular complexity index is 1060. The van der Waals surface area contributed by atoms with Crippen molar-refractivity contribution in [3.8, 4) is 0 Å². The molecule has 3 aromatic rings. The smallest absolute Gasteiger partial charge is 0.248 e. The van der Waals surface area contributed by atoms with Crippen molar-refractivity contribution in [1.29, 1.82) is 0 Å². The molecule has 0 fully saturated rings. The van der Waals surface area contributed by atoms with Gasteiger partial charge >= 0.3 is 0 Å². The Kier molecular flexibility index (Phi) is 7.62. The maximum atomic E-state index is 12.2. The molecule has 0 aliphatic rings. The molecule has 0 unspecified atom stereocenters. The van der Waals surface area contributed by atoms with Crippen molar-refractivity contribution in [3.05, 3.63) is 77.1 Å². The first-order chi connectivity index (χ1) is 15.0. The number of carbonyl (C=O) groups is 1. The lowest BCUT2D eigenvalue weighted by atomic mass is 10.2. The second kappa shape index (κ2) is 10.6. The quantitative estimate of drug-likeness (QED) is 0.445. The minimum Gasteiger partial charge on any atom is -0.357 e. The number of benzene rings is 2. The van der Waals surface area contributed by atoms with E-state index in [0.29, 0.717) is 16.5 Å². The summed E-state index contributed by atoms with van der Waals surface area (Å²) in [7, 11) is 0. The van der Waals surface area contributed by atoms with Crippen LogP contribution in [0, 0.1) is 6.92 Å². The zero-order chi connectivity index (χ0) is 22.2. The van der Waals surface area contributed by atoms with Gasteiger partial charge in [0.15, 0.2) is 0 Å². The maximum Gasteiger partial charge on any atom is 0.248 e. The number of aromatic nitrogens is 2. The van der Waals surface area contributed by atoms with Gasteiger partial charge < -0.3 is 15.5 Å². The molecule has 31 heavy (non-hydrogen) atoms. The van der Waals surface area contributed by atoms with E-state index in [0.717, 1.165) is 36.0 Å². The molecular weight excluding hydrogens is 410 g/mol. The van der Waals surface area contributed by atoms with Gasteiger partial charge in [0.05, 0.1) is 0 Å². The van der Waals surface area contributed by atoms with Crippen molar-refractivity contribution in [2.45, 2.75) is 20.8 Å². The third kappa shape index (κ3) is 6.30. The highest BCUT2D eigenvalue weighted by molar-refractivity contribution is 6.32. The topological polar surface area (TPSA) is 70.2 Å². The van der Waals surface area contributed by atoms with Gasteiger partial charge in [-0.1, -0.05) is 29.8 Å². The van der Waals surface area contributed by atoms with E-state index in [1.54, 1.807) is 12.1 Å². The van der Waals surface area contributed by atoms with Crippen molar-refractivity contribution in [2.75, 3.05) is 28.6 Å². The van der Waals surface area contributed by atoms with Gasteiger partial charge in [0, 0.05) is 41.6 Å². The number of rotatable bonds is 8. The molecule has 1 heterocycles. The number of halogens is 1. The second-order valence-corrected chi connectivity index (χ2v) is 7.28. The van der Waals surface area contributed by atoms with Crippen LogP contribution in [0.5, 0.6) is 0 Å². The molecule has 0 aliphatic carbocycles. The van der Waals surface area contributed by atoms with E-state index in [4.69, 9.17) is 11.6 Å². The highest BCUT2D eigenvalue weighted by atomic mass is 35.5. The lowest BCUT2D eigenvalue weighted by molar-refractivity contribution is -0.111. The number of hydrogen-bond donors (Lipinski definition) is 2. The van der Waals surface area contributed by atoms with E-state index in [1.165, 1.54) is 6.08 Å². The summed E-state index contributed by atoms with van der Waals surface area (Å²) < 4.78 is 0. The molecule has 160 valence electrons. The van der Waals surface area contributed by atoms with Gasteiger partial charge in [0.25, 0.3) is 0 Å². The zero-order valence-corrected chi connectivity index (χ0v) is 18.6. The molecular formula is C24H26ClN5O. The third-order valence-corrected chi connectivity index (χ3v) is 5.00. The minimum atomic E-state index is -0.226. The van der Waals surface area contributed by atoms with E-state index >= 15 is 0 Å². The normalized spacial score (nSPS) is 10.8. The van der Waals surface area contributed by atoms with E-state index in [1.807, 2.05) is 55.5 Å². The highest BCUT2D eigenvalue weighted by Gasteiger charge is 2.08. The molecule has 0 bridgehead atoms. The van der Waals surface area contributed by atoms with Gasteiger partial charge in [-0.05, 0) is 62.7 Å². The van der Waals surface area contributed by atoms with Gasteiger partial charge in [-0.2, -0.15) is 0 Å². The summed E-state index contributed by atoms with van der Waals surface area (Å²) in [5.41, 5.74) is 2.36. The molecule has 1 aromatic heterocycles. The average molecular weight is 436 g/mol. The van der Waals surface area contributed by atoms with Gasteiger partial charge in [0.1, 0.15) is 17.5 Å². The molecule has 2 aromatic carbocycles. The van der Waals surface area contributed by atoms with Crippen LogP contribution in [0.4, 0.5) is 23.0 Å². The Morgan fingerprint density at radius 3 is 2.39 bits per heavy atom. The van der Waals surface area contributed by atoms with Crippen LogP contribution in [0.2, 0.25) is 5.02 Å². The van der Waals surface area contributed by atoms with E-state index in [2.05, 4.69) is 39.3 Å². The number of hydrogen-bond acceptors (Lipinski definition) is 5. The van der Waals surface area contributed by atoms with Crippen LogP contribution in [0.3, 0.4) is 0 Å². The Morgan fingerprint density at radius 1 is 1.03 bits per heavy atom. The molecule has 0 aliphatic heterocycles. The fourth-order valence-electron chi connectivity index (χ4n) is 3.07. The van der Waals surface area contributed by atoms with Crippen molar-refractivity contribution < 1.29 is 4.79 Å². The Balaban J connectivity index is 1.64. The summed E-state index contributed by atoms with van der Waals surface area (Å²) in [6, 6.07) is 16.8. The monoisotopic (exact) mass is 435 g/mol. The first-order valence-corrected chi connectivity index (χ1v) is 10.6. The Hall–Kier alpha value is -3.38. The summed E-state index contributed by atoms with van der Waals surface area (Å²) >= 11 is 6.10. The number of anilines is 4. The molecule has 0 saturated heterocycles. The molecule has 0 atom stereocenters. The number of nitrogens with zero attached hydrogens (tertiary/aromatic N) is 3. The summed E-state index contributed by atoms with van der Waals surface area (Å²) in [5.74, 6) is 2.11. The Labute approximate surface area is 188 Å². The average Bonchev–Trinajstić information content (AvgIpc) is 2.75. The van der Waals surface area contributed by atoms with Crippen LogP contribution in [0.1, 0.15) is 25.2 Å². The van der Waals surface area contributed by atoms with Gasteiger partial charge in [-0.25, -0.2) is 9.97 Å². The first kappa shape index (κ1) is 22.3. The van der Waals surface area contributed by atoms with E-state index < -0.39 is 0 Å². The minimum absolute atomic E-state index is 0.226. The molecule has 1 amide bonds. The number of amides is 1. The second-order valence-electron chi connectivity index (χ2n) is 6.88. The largest absolute Gasteiger partial charge is 0.357 e. The molecule has 0 radical (unpaired) electrons. The van der Waals surface area contributed by atoms with Crippen LogP contribution >= 0.6 is 11.6 Å². The fourth-order valence-corrected chi connectivity index (χ4v) is 3.27. The molecule has 0 spiro atoms. The number of carbonyl (C=O) groups excluding carboxylic acids is 1. The number of nitrogens with one attached hydrogen (secondary N) is 2. The summed E-state index contributed by atoms with van der Waals surface area (Å²) in [6.45, 7) is 7.85. The van der Waals surface area contributed by atoms with Crippen molar-refractivity contribution in [1.82, 2.24) is 9.97 Å². The van der Waals surface area contributed by atoms with Crippen molar-refractivity contribution in [3.63, 3.8) is 0 Å². The number of aryl methyl sites for hydroxylation is 1.